The fraction of sp³-hybridized carbons (Fsp3) is 0.265. The molecule has 0 saturated carbocycles. The van der Waals surface area contributed by atoms with Crippen molar-refractivity contribution in [2.75, 3.05) is 20.8 Å². The Morgan fingerprint density at radius 3 is 2.40 bits per heavy atom. The summed E-state index contributed by atoms with van der Waals surface area (Å²) < 4.78 is 24.7. The van der Waals surface area contributed by atoms with E-state index < -0.39 is 12.0 Å². The van der Waals surface area contributed by atoms with Gasteiger partial charge in [0.25, 0.3) is 5.56 Å². The number of nitrogens with zero attached hydrogens (tertiary/aromatic N) is 2. The van der Waals surface area contributed by atoms with Crippen LogP contribution in [0.25, 0.3) is 6.08 Å². The summed E-state index contributed by atoms with van der Waals surface area (Å²) in [5.74, 6) is 1.32. The molecule has 0 saturated heterocycles. The molecule has 9 heteroatoms. The number of thiazole rings is 1. The first-order chi connectivity index (χ1) is 21.0. The van der Waals surface area contributed by atoms with E-state index in [0.29, 0.717) is 50.7 Å². The summed E-state index contributed by atoms with van der Waals surface area (Å²) in [5, 5.41) is 0. The van der Waals surface area contributed by atoms with Gasteiger partial charge in [0.2, 0.25) is 0 Å². The summed E-state index contributed by atoms with van der Waals surface area (Å²) in [6.07, 6.45) is 3.14. The average molecular weight is 599 g/mol. The SMILES string of the molecule is CCCC1=C(C(=O)OCC)[C@H](c2cc(OC)ccc2OC)n2c(s/c(=C\c3ccc(OCc4ccccc4)cc3)c2=O)=N1. The van der Waals surface area contributed by atoms with Gasteiger partial charge in [0.15, 0.2) is 4.80 Å². The number of carbonyl (C=O) groups is 1. The maximum absolute atomic E-state index is 14.1. The van der Waals surface area contributed by atoms with Crippen molar-refractivity contribution < 1.29 is 23.7 Å². The highest BCUT2D eigenvalue weighted by atomic mass is 32.1. The van der Waals surface area contributed by atoms with Crippen LogP contribution >= 0.6 is 11.3 Å². The molecule has 0 unspecified atom stereocenters. The number of aromatic nitrogens is 1. The van der Waals surface area contributed by atoms with Crippen LogP contribution in [0.2, 0.25) is 0 Å². The van der Waals surface area contributed by atoms with E-state index in [2.05, 4.69) is 0 Å². The van der Waals surface area contributed by atoms with Crippen molar-refractivity contribution in [2.45, 2.75) is 39.3 Å². The van der Waals surface area contributed by atoms with Gasteiger partial charge >= 0.3 is 5.97 Å². The van der Waals surface area contributed by atoms with Gasteiger partial charge in [0.05, 0.1) is 36.6 Å². The molecule has 0 aliphatic carbocycles. The molecule has 0 fully saturated rings. The minimum Gasteiger partial charge on any atom is -0.497 e. The predicted molar refractivity (Wildman–Crippen MR) is 166 cm³/mol. The molecule has 3 aromatic carbocycles. The number of ether oxygens (including phenoxy) is 4. The number of methoxy groups -OCH3 is 2. The number of fused-ring (bicyclic) bond motifs is 1. The summed E-state index contributed by atoms with van der Waals surface area (Å²) in [7, 11) is 3.13. The molecule has 1 aliphatic rings. The van der Waals surface area contributed by atoms with Crippen LogP contribution in [0.4, 0.5) is 0 Å². The number of hydrogen-bond acceptors (Lipinski definition) is 8. The van der Waals surface area contributed by atoms with Crippen LogP contribution in [-0.2, 0) is 16.1 Å². The normalized spacial score (nSPS) is 14.6. The third kappa shape index (κ3) is 6.41. The Morgan fingerprint density at radius 1 is 0.977 bits per heavy atom. The van der Waals surface area contributed by atoms with Gasteiger partial charge in [-0.3, -0.25) is 9.36 Å². The summed E-state index contributed by atoms with van der Waals surface area (Å²) in [6.45, 7) is 4.44. The second kappa shape index (κ2) is 13.6. The smallest absolute Gasteiger partial charge is 0.338 e. The maximum atomic E-state index is 14.1. The molecule has 0 bridgehead atoms. The van der Waals surface area contributed by atoms with E-state index in [1.807, 2.05) is 67.6 Å². The minimum atomic E-state index is -0.808. The Kier molecular flexibility index (Phi) is 9.41. The topological polar surface area (TPSA) is 88.4 Å². The van der Waals surface area contributed by atoms with Crippen molar-refractivity contribution in [1.29, 1.82) is 0 Å². The molecule has 1 atom stereocenters. The minimum absolute atomic E-state index is 0.194. The van der Waals surface area contributed by atoms with Gasteiger partial charge in [-0.25, -0.2) is 9.79 Å². The Bertz CT molecular complexity index is 1810. The van der Waals surface area contributed by atoms with Crippen molar-refractivity contribution in [3.8, 4) is 17.2 Å². The van der Waals surface area contributed by atoms with Crippen LogP contribution < -0.4 is 29.1 Å². The Hall–Kier alpha value is -4.63. The number of rotatable bonds is 11. The number of carbonyl (C=O) groups excluding carboxylic acids is 1. The summed E-state index contributed by atoms with van der Waals surface area (Å²) >= 11 is 1.29. The van der Waals surface area contributed by atoms with Gasteiger partial charge in [-0.05, 0) is 60.9 Å². The second-order valence-electron chi connectivity index (χ2n) is 9.86. The highest BCUT2D eigenvalue weighted by Crippen LogP contribution is 2.38. The standard InChI is InChI=1S/C34H34N2O6S/c1-5-10-27-30(33(38)41-6-2)31(26-20-25(39-3)17-18-28(26)40-4)36-32(37)29(43-34(36)35-27)19-22-13-15-24(16-14-22)42-21-23-11-8-7-9-12-23/h7-9,11-20,31H,5-6,10,21H2,1-4H3/b29-19-/t31-/m0/s1. The van der Waals surface area contributed by atoms with Crippen LogP contribution in [0, 0.1) is 0 Å². The van der Waals surface area contributed by atoms with Crippen molar-refractivity contribution in [1.82, 2.24) is 4.57 Å². The van der Waals surface area contributed by atoms with Crippen LogP contribution in [-0.4, -0.2) is 31.4 Å². The van der Waals surface area contributed by atoms with Gasteiger partial charge in [-0.2, -0.15) is 0 Å². The molecule has 0 radical (unpaired) electrons. The molecular formula is C34H34N2O6S. The molecule has 222 valence electrons. The lowest BCUT2D eigenvalue weighted by Crippen LogP contribution is -2.40. The largest absolute Gasteiger partial charge is 0.497 e. The zero-order chi connectivity index (χ0) is 30.3. The molecule has 1 aromatic heterocycles. The number of esters is 1. The fourth-order valence-corrected chi connectivity index (χ4v) is 6.04. The fourth-order valence-electron chi connectivity index (χ4n) is 5.02. The molecule has 43 heavy (non-hydrogen) atoms. The quantitative estimate of drug-likeness (QED) is 0.221. The summed E-state index contributed by atoms with van der Waals surface area (Å²) in [6, 6.07) is 22.1. The lowest BCUT2D eigenvalue weighted by Gasteiger charge is -2.27. The van der Waals surface area contributed by atoms with Crippen molar-refractivity contribution >= 4 is 23.4 Å². The van der Waals surface area contributed by atoms with Gasteiger partial charge in [0, 0.05) is 5.56 Å². The zero-order valence-electron chi connectivity index (χ0n) is 24.7. The first kappa shape index (κ1) is 29.8. The lowest BCUT2D eigenvalue weighted by atomic mass is 9.93. The summed E-state index contributed by atoms with van der Waals surface area (Å²) in [5.41, 5.74) is 3.20. The van der Waals surface area contributed by atoms with E-state index in [4.69, 9.17) is 23.9 Å². The molecule has 1 aliphatic heterocycles. The Labute approximate surface area is 254 Å². The van der Waals surface area contributed by atoms with Crippen LogP contribution in [0.1, 0.15) is 49.4 Å². The first-order valence-electron chi connectivity index (χ1n) is 14.2. The molecule has 0 spiro atoms. The number of benzene rings is 3. The van der Waals surface area contributed by atoms with Crippen molar-refractivity contribution in [2.24, 2.45) is 4.99 Å². The average Bonchev–Trinajstić information content (AvgIpc) is 3.34. The van der Waals surface area contributed by atoms with Gasteiger partial charge < -0.3 is 18.9 Å². The third-order valence-electron chi connectivity index (χ3n) is 7.05. The molecule has 8 nitrogen and oxygen atoms in total. The lowest BCUT2D eigenvalue weighted by molar-refractivity contribution is -0.139. The predicted octanol–water partition coefficient (Wildman–Crippen LogP) is 5.17. The molecule has 5 rings (SSSR count). The molecular weight excluding hydrogens is 564 g/mol. The molecule has 2 heterocycles. The molecule has 0 amide bonds. The van der Waals surface area contributed by atoms with E-state index >= 15 is 0 Å². The van der Waals surface area contributed by atoms with E-state index in [1.54, 1.807) is 43.9 Å². The van der Waals surface area contributed by atoms with Gasteiger partial charge in [0.1, 0.15) is 29.9 Å². The van der Waals surface area contributed by atoms with E-state index in [9.17, 15) is 9.59 Å². The van der Waals surface area contributed by atoms with Crippen LogP contribution in [0.5, 0.6) is 17.2 Å². The highest BCUT2D eigenvalue weighted by molar-refractivity contribution is 7.07. The Balaban J connectivity index is 1.60. The maximum Gasteiger partial charge on any atom is 0.338 e. The van der Waals surface area contributed by atoms with Gasteiger partial charge in [-0.15, -0.1) is 0 Å². The molecule has 0 N–H and O–H groups in total. The zero-order valence-corrected chi connectivity index (χ0v) is 25.5. The number of hydrogen-bond donors (Lipinski definition) is 0. The van der Waals surface area contributed by atoms with Crippen LogP contribution in [0.15, 0.2) is 93.9 Å². The monoisotopic (exact) mass is 598 g/mol. The second-order valence-corrected chi connectivity index (χ2v) is 10.9. The van der Waals surface area contributed by atoms with E-state index in [0.717, 1.165) is 23.3 Å². The Morgan fingerprint density at radius 2 is 1.72 bits per heavy atom. The van der Waals surface area contributed by atoms with Crippen molar-refractivity contribution in [3.63, 3.8) is 0 Å². The number of allylic oxidation sites excluding steroid dienone is 1. The van der Waals surface area contributed by atoms with Gasteiger partial charge in [-0.1, -0.05) is 67.1 Å². The highest BCUT2D eigenvalue weighted by Gasteiger charge is 2.36. The third-order valence-corrected chi connectivity index (χ3v) is 8.03. The van der Waals surface area contributed by atoms with E-state index in [-0.39, 0.29) is 12.2 Å². The van der Waals surface area contributed by atoms with Crippen molar-refractivity contribution in [3.05, 3.63) is 120 Å². The van der Waals surface area contributed by atoms with Crippen LogP contribution in [0.3, 0.4) is 0 Å². The first-order valence-corrected chi connectivity index (χ1v) is 15.0. The molecule has 4 aromatic rings. The summed E-state index contributed by atoms with van der Waals surface area (Å²) in [4.78, 5) is 32.9. The van der Waals surface area contributed by atoms with E-state index in [1.165, 1.54) is 11.3 Å².